The number of hydrogen-bond acceptors (Lipinski definition) is 4. The maximum atomic E-state index is 5.93. The standard InChI is InChI=1S/C11H13ClN4S/c1-2-16-10(13)14-15-11(16)17-7-8-4-3-5-9(12)6-8/h3-6H,2,7H2,1H3,(H2,13,14). The highest BCUT2D eigenvalue weighted by atomic mass is 35.5. The lowest BCUT2D eigenvalue weighted by molar-refractivity contribution is 0.689. The molecule has 0 aliphatic rings. The molecule has 0 atom stereocenters. The Balaban J connectivity index is 2.07. The first-order valence-corrected chi connectivity index (χ1v) is 6.63. The van der Waals surface area contributed by atoms with E-state index in [-0.39, 0.29) is 0 Å². The normalized spacial score (nSPS) is 10.7. The summed E-state index contributed by atoms with van der Waals surface area (Å²) in [5.41, 5.74) is 6.86. The summed E-state index contributed by atoms with van der Waals surface area (Å²) in [4.78, 5) is 0. The molecule has 17 heavy (non-hydrogen) atoms. The zero-order valence-electron chi connectivity index (χ0n) is 9.43. The highest BCUT2D eigenvalue weighted by Crippen LogP contribution is 2.23. The number of thioether (sulfide) groups is 1. The Morgan fingerprint density at radius 2 is 2.24 bits per heavy atom. The predicted octanol–water partition coefficient (Wildman–Crippen LogP) is 2.83. The SMILES string of the molecule is CCn1c(N)nnc1SCc1cccc(Cl)c1. The lowest BCUT2D eigenvalue weighted by Gasteiger charge is -2.04. The van der Waals surface area contributed by atoms with Gasteiger partial charge >= 0.3 is 0 Å². The first kappa shape index (κ1) is 12.3. The quantitative estimate of drug-likeness (QED) is 0.867. The molecule has 2 aromatic rings. The number of rotatable bonds is 4. The largest absolute Gasteiger partial charge is 0.368 e. The highest BCUT2D eigenvalue weighted by molar-refractivity contribution is 7.98. The topological polar surface area (TPSA) is 56.7 Å². The summed E-state index contributed by atoms with van der Waals surface area (Å²) in [7, 11) is 0. The fourth-order valence-electron chi connectivity index (χ4n) is 1.48. The van der Waals surface area contributed by atoms with Gasteiger partial charge in [-0.05, 0) is 24.6 Å². The zero-order chi connectivity index (χ0) is 12.3. The van der Waals surface area contributed by atoms with E-state index in [1.807, 2.05) is 35.8 Å². The third kappa shape index (κ3) is 2.92. The Morgan fingerprint density at radius 3 is 2.94 bits per heavy atom. The summed E-state index contributed by atoms with van der Waals surface area (Å²) in [5.74, 6) is 1.26. The highest BCUT2D eigenvalue weighted by Gasteiger charge is 2.08. The second kappa shape index (κ2) is 5.42. The van der Waals surface area contributed by atoms with Gasteiger partial charge in [0.1, 0.15) is 0 Å². The molecule has 1 aromatic heterocycles. The molecule has 4 nitrogen and oxygen atoms in total. The van der Waals surface area contributed by atoms with Crippen LogP contribution in [-0.4, -0.2) is 14.8 Å². The summed E-state index contributed by atoms with van der Waals surface area (Å²) < 4.78 is 1.88. The summed E-state index contributed by atoms with van der Waals surface area (Å²) in [6.45, 7) is 2.79. The minimum Gasteiger partial charge on any atom is -0.368 e. The van der Waals surface area contributed by atoms with Crippen LogP contribution in [-0.2, 0) is 12.3 Å². The van der Waals surface area contributed by atoms with Gasteiger partial charge in [-0.15, -0.1) is 10.2 Å². The van der Waals surface area contributed by atoms with Gasteiger partial charge in [0.25, 0.3) is 0 Å². The molecule has 6 heteroatoms. The van der Waals surface area contributed by atoms with Crippen LogP contribution in [0.25, 0.3) is 0 Å². The van der Waals surface area contributed by atoms with Gasteiger partial charge < -0.3 is 5.73 Å². The maximum absolute atomic E-state index is 5.93. The summed E-state index contributed by atoms with van der Waals surface area (Å²) in [6.07, 6.45) is 0. The molecule has 0 unspecified atom stereocenters. The minimum atomic E-state index is 0.459. The van der Waals surface area contributed by atoms with Crippen LogP contribution in [0.1, 0.15) is 12.5 Å². The Bertz CT molecular complexity index is 512. The third-order valence-corrected chi connectivity index (χ3v) is 3.59. The van der Waals surface area contributed by atoms with Gasteiger partial charge in [0.05, 0.1) is 0 Å². The van der Waals surface area contributed by atoms with Gasteiger partial charge in [0.15, 0.2) is 5.16 Å². The predicted molar refractivity (Wildman–Crippen MR) is 71.1 cm³/mol. The van der Waals surface area contributed by atoms with E-state index in [0.717, 1.165) is 28.0 Å². The smallest absolute Gasteiger partial charge is 0.222 e. The summed E-state index contributed by atoms with van der Waals surface area (Å²) in [6, 6.07) is 7.79. The van der Waals surface area contributed by atoms with E-state index in [4.69, 9.17) is 17.3 Å². The molecule has 0 radical (unpaired) electrons. The van der Waals surface area contributed by atoms with E-state index in [0.29, 0.717) is 5.95 Å². The van der Waals surface area contributed by atoms with Gasteiger partial charge in [0, 0.05) is 17.3 Å². The number of nitrogens with zero attached hydrogens (tertiary/aromatic N) is 3. The van der Waals surface area contributed by atoms with Crippen LogP contribution in [0, 0.1) is 0 Å². The van der Waals surface area contributed by atoms with Crippen LogP contribution >= 0.6 is 23.4 Å². The molecule has 1 aromatic carbocycles. The summed E-state index contributed by atoms with van der Waals surface area (Å²) >= 11 is 7.53. The molecule has 2 rings (SSSR count). The van der Waals surface area contributed by atoms with Gasteiger partial charge in [-0.25, -0.2) is 0 Å². The average Bonchev–Trinajstić information content (AvgIpc) is 2.67. The number of hydrogen-bond donors (Lipinski definition) is 1. The average molecular weight is 269 g/mol. The van der Waals surface area contributed by atoms with Crippen molar-refractivity contribution < 1.29 is 0 Å². The van der Waals surface area contributed by atoms with Crippen molar-refractivity contribution in [2.45, 2.75) is 24.4 Å². The van der Waals surface area contributed by atoms with Crippen molar-refractivity contribution in [2.75, 3.05) is 5.73 Å². The number of benzene rings is 1. The maximum Gasteiger partial charge on any atom is 0.222 e. The fourth-order valence-corrected chi connectivity index (χ4v) is 2.64. The van der Waals surface area contributed by atoms with E-state index >= 15 is 0 Å². The van der Waals surface area contributed by atoms with E-state index in [1.54, 1.807) is 11.8 Å². The molecule has 0 aliphatic heterocycles. The molecular formula is C11H13ClN4S. The number of nitrogen functional groups attached to an aromatic ring is 1. The fraction of sp³-hybridized carbons (Fsp3) is 0.273. The van der Waals surface area contributed by atoms with E-state index in [2.05, 4.69) is 10.2 Å². The van der Waals surface area contributed by atoms with Crippen molar-refractivity contribution in [3.8, 4) is 0 Å². The summed E-state index contributed by atoms with van der Waals surface area (Å²) in [5, 5.41) is 9.49. The first-order chi connectivity index (χ1) is 8.20. The van der Waals surface area contributed by atoms with Crippen molar-refractivity contribution in [3.63, 3.8) is 0 Å². The lowest BCUT2D eigenvalue weighted by Crippen LogP contribution is -2.02. The Morgan fingerprint density at radius 1 is 1.41 bits per heavy atom. The van der Waals surface area contributed by atoms with Crippen LogP contribution in [0.3, 0.4) is 0 Å². The van der Waals surface area contributed by atoms with Gasteiger partial charge in [-0.3, -0.25) is 4.57 Å². The first-order valence-electron chi connectivity index (χ1n) is 5.26. The van der Waals surface area contributed by atoms with Crippen LogP contribution in [0.4, 0.5) is 5.95 Å². The second-order valence-electron chi connectivity index (χ2n) is 3.50. The Kier molecular flexibility index (Phi) is 3.91. The molecule has 0 bridgehead atoms. The van der Waals surface area contributed by atoms with Gasteiger partial charge in [-0.1, -0.05) is 35.5 Å². The Hall–Kier alpha value is -1.20. The lowest BCUT2D eigenvalue weighted by atomic mass is 10.2. The number of anilines is 1. The second-order valence-corrected chi connectivity index (χ2v) is 4.88. The monoisotopic (exact) mass is 268 g/mol. The van der Waals surface area contributed by atoms with E-state index in [9.17, 15) is 0 Å². The van der Waals surface area contributed by atoms with Gasteiger partial charge in [0.2, 0.25) is 5.95 Å². The Labute approximate surface area is 109 Å². The van der Waals surface area contributed by atoms with Crippen LogP contribution in [0.5, 0.6) is 0 Å². The third-order valence-electron chi connectivity index (χ3n) is 2.32. The molecule has 0 saturated heterocycles. The number of halogens is 1. The van der Waals surface area contributed by atoms with Crippen LogP contribution in [0.15, 0.2) is 29.4 Å². The van der Waals surface area contributed by atoms with E-state index in [1.165, 1.54) is 0 Å². The van der Waals surface area contributed by atoms with Crippen molar-refractivity contribution >= 4 is 29.3 Å². The van der Waals surface area contributed by atoms with Crippen molar-refractivity contribution in [3.05, 3.63) is 34.9 Å². The van der Waals surface area contributed by atoms with Crippen molar-refractivity contribution in [2.24, 2.45) is 0 Å². The molecule has 0 amide bonds. The molecule has 0 fully saturated rings. The minimum absolute atomic E-state index is 0.459. The molecule has 0 saturated carbocycles. The van der Waals surface area contributed by atoms with Gasteiger partial charge in [-0.2, -0.15) is 0 Å². The van der Waals surface area contributed by atoms with E-state index < -0.39 is 0 Å². The number of aromatic nitrogens is 3. The van der Waals surface area contributed by atoms with Crippen LogP contribution in [0.2, 0.25) is 5.02 Å². The van der Waals surface area contributed by atoms with Crippen molar-refractivity contribution in [1.82, 2.24) is 14.8 Å². The number of nitrogens with two attached hydrogens (primary N) is 1. The zero-order valence-corrected chi connectivity index (χ0v) is 11.0. The van der Waals surface area contributed by atoms with Crippen LogP contribution < -0.4 is 5.73 Å². The molecule has 2 N–H and O–H groups in total. The molecular weight excluding hydrogens is 256 g/mol. The molecule has 0 spiro atoms. The molecule has 1 heterocycles. The van der Waals surface area contributed by atoms with Crippen molar-refractivity contribution in [1.29, 1.82) is 0 Å². The molecule has 90 valence electrons. The molecule has 0 aliphatic carbocycles.